The average Bonchev–Trinajstić information content (AvgIpc) is 2.74. The molecule has 3 rings (SSSR count). The Kier molecular flexibility index (Phi) is 2.65. The number of aliphatic hydroxyl groups is 1. The minimum Gasteiger partial charge on any atom is -0.373 e. The van der Waals surface area contributed by atoms with Crippen LogP contribution in [0, 0.1) is 0 Å². The molecule has 0 saturated heterocycles. The molecule has 1 atom stereocenters. The lowest BCUT2D eigenvalue weighted by Gasteiger charge is -2.19. The number of fused-ring (bicyclic) bond motifs is 1. The van der Waals surface area contributed by atoms with E-state index in [9.17, 15) is 5.11 Å². The zero-order chi connectivity index (χ0) is 11.8. The van der Waals surface area contributed by atoms with Crippen molar-refractivity contribution in [3.05, 3.63) is 41.3 Å². The Morgan fingerprint density at radius 3 is 3.06 bits per heavy atom. The van der Waals surface area contributed by atoms with E-state index in [1.165, 1.54) is 0 Å². The van der Waals surface area contributed by atoms with Gasteiger partial charge in [0.15, 0.2) is 0 Å². The summed E-state index contributed by atoms with van der Waals surface area (Å²) < 4.78 is 1.86. The predicted molar refractivity (Wildman–Crippen MR) is 66.9 cm³/mol. The zero-order valence-electron chi connectivity index (χ0n) is 9.31. The number of hydrogen-bond acceptors (Lipinski definition) is 2. The molecule has 1 aliphatic rings. The Morgan fingerprint density at radius 1 is 1.41 bits per heavy atom. The Morgan fingerprint density at radius 2 is 2.29 bits per heavy atom. The SMILES string of the molecule is OC1CCCc2nc(-c3cccc(Cl)c3)cn21. The first-order chi connectivity index (χ1) is 8.24. The van der Waals surface area contributed by atoms with E-state index >= 15 is 0 Å². The van der Waals surface area contributed by atoms with Gasteiger partial charge in [0.25, 0.3) is 0 Å². The van der Waals surface area contributed by atoms with Crippen LogP contribution in [0.5, 0.6) is 0 Å². The van der Waals surface area contributed by atoms with Crippen molar-refractivity contribution in [2.24, 2.45) is 0 Å². The van der Waals surface area contributed by atoms with Crippen molar-refractivity contribution in [2.75, 3.05) is 0 Å². The molecule has 0 bridgehead atoms. The normalized spacial score (nSPS) is 19.1. The third-order valence-corrected chi connectivity index (χ3v) is 3.35. The van der Waals surface area contributed by atoms with Crippen LogP contribution in [0.1, 0.15) is 24.9 Å². The number of aryl methyl sites for hydroxylation is 1. The molecular formula is C13H13ClN2O. The quantitative estimate of drug-likeness (QED) is 0.842. The van der Waals surface area contributed by atoms with Crippen LogP contribution >= 0.6 is 11.6 Å². The number of nitrogens with zero attached hydrogens (tertiary/aromatic N) is 2. The summed E-state index contributed by atoms with van der Waals surface area (Å²) >= 11 is 5.97. The van der Waals surface area contributed by atoms with Crippen molar-refractivity contribution in [1.29, 1.82) is 0 Å². The highest BCUT2D eigenvalue weighted by Gasteiger charge is 2.19. The topological polar surface area (TPSA) is 38.1 Å². The Balaban J connectivity index is 2.05. The van der Waals surface area contributed by atoms with Gasteiger partial charge in [-0.15, -0.1) is 0 Å². The molecule has 1 aromatic heterocycles. The van der Waals surface area contributed by atoms with Gasteiger partial charge in [-0.2, -0.15) is 0 Å². The predicted octanol–water partition coefficient (Wildman–Crippen LogP) is 3.03. The highest BCUT2D eigenvalue weighted by atomic mass is 35.5. The first-order valence-corrected chi connectivity index (χ1v) is 6.13. The Labute approximate surface area is 105 Å². The van der Waals surface area contributed by atoms with E-state index in [1.807, 2.05) is 35.0 Å². The second kappa shape index (κ2) is 4.17. The Hall–Kier alpha value is -1.32. The smallest absolute Gasteiger partial charge is 0.131 e. The fourth-order valence-corrected chi connectivity index (χ4v) is 2.43. The summed E-state index contributed by atoms with van der Waals surface area (Å²) in [7, 11) is 0. The van der Waals surface area contributed by atoms with Crippen molar-refractivity contribution in [2.45, 2.75) is 25.5 Å². The maximum atomic E-state index is 9.87. The van der Waals surface area contributed by atoms with Gasteiger partial charge in [-0.25, -0.2) is 4.98 Å². The van der Waals surface area contributed by atoms with Crippen LogP contribution in [0.3, 0.4) is 0 Å². The molecule has 1 N–H and O–H groups in total. The minimum atomic E-state index is -0.431. The number of aromatic nitrogens is 2. The van der Waals surface area contributed by atoms with E-state index in [1.54, 1.807) is 0 Å². The summed E-state index contributed by atoms with van der Waals surface area (Å²) in [6.07, 6.45) is 4.20. The molecular weight excluding hydrogens is 236 g/mol. The molecule has 3 nitrogen and oxygen atoms in total. The third-order valence-electron chi connectivity index (χ3n) is 3.11. The molecule has 88 valence electrons. The molecule has 4 heteroatoms. The van der Waals surface area contributed by atoms with Gasteiger partial charge in [0.1, 0.15) is 12.1 Å². The van der Waals surface area contributed by atoms with Gasteiger partial charge in [0, 0.05) is 23.2 Å². The summed E-state index contributed by atoms with van der Waals surface area (Å²) in [5, 5.41) is 10.6. The average molecular weight is 249 g/mol. The lowest BCUT2D eigenvalue weighted by Crippen LogP contribution is -2.16. The van der Waals surface area contributed by atoms with Gasteiger partial charge in [-0.05, 0) is 25.0 Å². The van der Waals surface area contributed by atoms with E-state index in [0.717, 1.165) is 36.3 Å². The van der Waals surface area contributed by atoms with Crippen molar-refractivity contribution < 1.29 is 5.11 Å². The molecule has 0 spiro atoms. The maximum absolute atomic E-state index is 9.87. The minimum absolute atomic E-state index is 0.431. The molecule has 1 aromatic carbocycles. The molecule has 2 heterocycles. The summed E-state index contributed by atoms with van der Waals surface area (Å²) in [5.41, 5.74) is 1.87. The van der Waals surface area contributed by atoms with Crippen molar-refractivity contribution in [3.8, 4) is 11.3 Å². The number of hydrogen-bond donors (Lipinski definition) is 1. The van der Waals surface area contributed by atoms with Gasteiger partial charge < -0.3 is 9.67 Å². The zero-order valence-corrected chi connectivity index (χ0v) is 10.1. The number of rotatable bonds is 1. The molecule has 0 aliphatic carbocycles. The van der Waals surface area contributed by atoms with Crippen LogP contribution in [0.25, 0.3) is 11.3 Å². The van der Waals surface area contributed by atoms with Crippen LogP contribution < -0.4 is 0 Å². The molecule has 0 radical (unpaired) electrons. The fraction of sp³-hybridized carbons (Fsp3) is 0.308. The molecule has 0 amide bonds. The number of imidazole rings is 1. The van der Waals surface area contributed by atoms with Gasteiger partial charge in [-0.1, -0.05) is 23.7 Å². The monoisotopic (exact) mass is 248 g/mol. The first kappa shape index (κ1) is 10.8. The lowest BCUT2D eigenvalue weighted by atomic mass is 10.1. The van der Waals surface area contributed by atoms with Crippen molar-refractivity contribution in [3.63, 3.8) is 0 Å². The summed E-state index contributed by atoms with van der Waals surface area (Å²) in [4.78, 5) is 4.56. The van der Waals surface area contributed by atoms with Gasteiger partial charge >= 0.3 is 0 Å². The van der Waals surface area contributed by atoms with E-state index in [0.29, 0.717) is 5.02 Å². The van der Waals surface area contributed by atoms with Crippen molar-refractivity contribution >= 4 is 11.6 Å². The fourth-order valence-electron chi connectivity index (χ4n) is 2.24. The van der Waals surface area contributed by atoms with Gasteiger partial charge in [-0.3, -0.25) is 0 Å². The maximum Gasteiger partial charge on any atom is 0.131 e. The highest BCUT2D eigenvalue weighted by molar-refractivity contribution is 6.30. The summed E-state index contributed by atoms with van der Waals surface area (Å²) in [5.74, 6) is 0.957. The number of benzene rings is 1. The second-order valence-corrected chi connectivity index (χ2v) is 4.77. The first-order valence-electron chi connectivity index (χ1n) is 5.76. The molecule has 0 saturated carbocycles. The standard InChI is InChI=1S/C13H13ClN2O/c14-10-4-1-3-9(7-10)11-8-16-12(15-11)5-2-6-13(16)17/h1,3-4,7-8,13,17H,2,5-6H2. The summed E-state index contributed by atoms with van der Waals surface area (Å²) in [6, 6.07) is 7.62. The molecule has 2 aromatic rings. The van der Waals surface area contributed by atoms with Crippen LogP contribution in [0.2, 0.25) is 5.02 Å². The third kappa shape index (κ3) is 1.96. The largest absolute Gasteiger partial charge is 0.373 e. The number of aliphatic hydroxyl groups excluding tert-OH is 1. The van der Waals surface area contributed by atoms with E-state index in [-0.39, 0.29) is 0 Å². The number of halogens is 1. The lowest BCUT2D eigenvalue weighted by molar-refractivity contribution is 0.0781. The van der Waals surface area contributed by atoms with Crippen LogP contribution in [0.4, 0.5) is 0 Å². The van der Waals surface area contributed by atoms with Gasteiger partial charge in [0.05, 0.1) is 5.69 Å². The molecule has 0 fully saturated rings. The molecule has 1 aliphatic heterocycles. The summed E-state index contributed by atoms with van der Waals surface area (Å²) in [6.45, 7) is 0. The van der Waals surface area contributed by atoms with Crippen LogP contribution in [0.15, 0.2) is 30.5 Å². The second-order valence-electron chi connectivity index (χ2n) is 4.33. The van der Waals surface area contributed by atoms with E-state index < -0.39 is 6.23 Å². The van der Waals surface area contributed by atoms with E-state index in [4.69, 9.17) is 11.6 Å². The highest BCUT2D eigenvalue weighted by Crippen LogP contribution is 2.28. The van der Waals surface area contributed by atoms with E-state index in [2.05, 4.69) is 4.98 Å². The Bertz CT molecular complexity index is 550. The van der Waals surface area contributed by atoms with Crippen LogP contribution in [-0.4, -0.2) is 14.7 Å². The molecule has 17 heavy (non-hydrogen) atoms. The van der Waals surface area contributed by atoms with Crippen LogP contribution in [-0.2, 0) is 6.42 Å². The van der Waals surface area contributed by atoms with Crippen molar-refractivity contribution in [1.82, 2.24) is 9.55 Å². The molecule has 1 unspecified atom stereocenters. The van der Waals surface area contributed by atoms with Gasteiger partial charge in [0.2, 0.25) is 0 Å².